The largest absolute Gasteiger partial charge is 0.370 e. The van der Waals surface area contributed by atoms with E-state index in [4.69, 9.17) is 5.26 Å². The maximum atomic E-state index is 8.47. The molecule has 2 aromatic heterocycles. The third-order valence-electron chi connectivity index (χ3n) is 2.59. The van der Waals surface area contributed by atoms with Crippen LogP contribution < -0.4 is 10.6 Å². The van der Waals surface area contributed by atoms with Crippen molar-refractivity contribution in [2.75, 3.05) is 23.7 Å². The van der Waals surface area contributed by atoms with Crippen molar-refractivity contribution in [2.45, 2.75) is 12.8 Å². The number of rotatable bonds is 7. The SMILES string of the molecule is N#CCCNc1cc(NCCc2cc[nH]c2)ncn1. The van der Waals surface area contributed by atoms with Crippen LogP contribution in [0.1, 0.15) is 12.0 Å². The van der Waals surface area contributed by atoms with Gasteiger partial charge in [-0.05, 0) is 18.1 Å². The summed E-state index contributed by atoms with van der Waals surface area (Å²) in [4.78, 5) is 11.3. The van der Waals surface area contributed by atoms with Gasteiger partial charge in [-0.15, -0.1) is 0 Å². The van der Waals surface area contributed by atoms with Crippen molar-refractivity contribution in [1.82, 2.24) is 15.0 Å². The maximum Gasteiger partial charge on any atom is 0.131 e. The first-order valence-corrected chi connectivity index (χ1v) is 6.17. The van der Waals surface area contributed by atoms with Gasteiger partial charge in [-0.2, -0.15) is 5.26 Å². The Morgan fingerprint density at radius 2 is 2.00 bits per heavy atom. The summed E-state index contributed by atoms with van der Waals surface area (Å²) in [6.45, 7) is 1.41. The van der Waals surface area contributed by atoms with Gasteiger partial charge in [0.05, 0.1) is 12.5 Å². The van der Waals surface area contributed by atoms with Crippen LogP contribution in [0.2, 0.25) is 0 Å². The monoisotopic (exact) mass is 256 g/mol. The highest BCUT2D eigenvalue weighted by atomic mass is 15.1. The van der Waals surface area contributed by atoms with Gasteiger partial charge in [-0.1, -0.05) is 0 Å². The van der Waals surface area contributed by atoms with Gasteiger partial charge in [0.2, 0.25) is 0 Å². The second kappa shape index (κ2) is 7.01. The minimum absolute atomic E-state index is 0.459. The lowest BCUT2D eigenvalue weighted by molar-refractivity contribution is 0.995. The highest BCUT2D eigenvalue weighted by molar-refractivity contribution is 5.46. The highest BCUT2D eigenvalue weighted by Gasteiger charge is 1.98. The van der Waals surface area contributed by atoms with Gasteiger partial charge in [-0.25, -0.2) is 9.97 Å². The summed E-state index contributed by atoms with van der Waals surface area (Å²) in [5.41, 5.74) is 1.26. The molecular formula is C13H16N6. The summed E-state index contributed by atoms with van der Waals surface area (Å²) in [6.07, 6.45) is 6.80. The number of nitrogens with one attached hydrogen (secondary N) is 3. The number of anilines is 2. The Labute approximate surface area is 111 Å². The van der Waals surface area contributed by atoms with E-state index in [1.807, 2.05) is 18.5 Å². The molecule has 0 saturated heterocycles. The van der Waals surface area contributed by atoms with E-state index >= 15 is 0 Å². The predicted octanol–water partition coefficient (Wildman–Crippen LogP) is 1.78. The zero-order valence-electron chi connectivity index (χ0n) is 10.6. The Morgan fingerprint density at radius 3 is 2.68 bits per heavy atom. The molecule has 2 aromatic rings. The normalized spacial score (nSPS) is 9.84. The maximum absolute atomic E-state index is 8.47. The molecular weight excluding hydrogens is 240 g/mol. The van der Waals surface area contributed by atoms with E-state index in [1.54, 1.807) is 0 Å². The van der Waals surface area contributed by atoms with Gasteiger partial charge in [0.25, 0.3) is 0 Å². The van der Waals surface area contributed by atoms with E-state index in [0.717, 1.165) is 24.6 Å². The van der Waals surface area contributed by atoms with Crippen molar-refractivity contribution in [1.29, 1.82) is 5.26 Å². The van der Waals surface area contributed by atoms with Crippen LogP contribution in [-0.2, 0) is 6.42 Å². The van der Waals surface area contributed by atoms with Crippen molar-refractivity contribution >= 4 is 11.6 Å². The van der Waals surface area contributed by atoms with Crippen LogP contribution in [0, 0.1) is 11.3 Å². The fraction of sp³-hybridized carbons (Fsp3) is 0.308. The molecule has 2 heterocycles. The molecule has 0 spiro atoms. The first-order valence-electron chi connectivity index (χ1n) is 6.17. The quantitative estimate of drug-likeness (QED) is 0.657. The van der Waals surface area contributed by atoms with Gasteiger partial charge in [0, 0.05) is 31.5 Å². The third kappa shape index (κ3) is 4.32. The van der Waals surface area contributed by atoms with Gasteiger partial charge in [0.1, 0.15) is 18.0 Å². The Balaban J connectivity index is 1.80. The molecule has 3 N–H and O–H groups in total. The summed E-state index contributed by atoms with van der Waals surface area (Å²) >= 11 is 0. The van der Waals surface area contributed by atoms with Crippen LogP contribution in [0.15, 0.2) is 30.9 Å². The van der Waals surface area contributed by atoms with Gasteiger partial charge in [0.15, 0.2) is 0 Å². The van der Waals surface area contributed by atoms with Crippen molar-refractivity contribution in [3.63, 3.8) is 0 Å². The van der Waals surface area contributed by atoms with Crippen LogP contribution in [0.5, 0.6) is 0 Å². The smallest absolute Gasteiger partial charge is 0.131 e. The van der Waals surface area contributed by atoms with Gasteiger partial charge >= 0.3 is 0 Å². The zero-order valence-corrected chi connectivity index (χ0v) is 10.6. The van der Waals surface area contributed by atoms with E-state index in [2.05, 4.69) is 37.7 Å². The summed E-state index contributed by atoms with van der Waals surface area (Å²) in [6, 6.07) is 5.97. The average Bonchev–Trinajstić information content (AvgIpc) is 2.93. The second-order valence-electron chi connectivity index (χ2n) is 4.02. The van der Waals surface area contributed by atoms with Crippen molar-refractivity contribution in [3.8, 4) is 6.07 Å². The molecule has 6 nitrogen and oxygen atoms in total. The number of nitrogens with zero attached hydrogens (tertiary/aromatic N) is 3. The van der Waals surface area contributed by atoms with Crippen LogP contribution in [0.4, 0.5) is 11.6 Å². The molecule has 0 aliphatic rings. The standard InChI is InChI=1S/C13H16N6/c14-4-1-5-16-12-8-13(19-10-18-12)17-7-3-11-2-6-15-9-11/h2,6,8-10,15H,1,3,5,7H2,(H2,16,17,18,19). The second-order valence-corrected chi connectivity index (χ2v) is 4.02. The van der Waals surface area contributed by atoms with Gasteiger partial charge < -0.3 is 15.6 Å². The summed E-state index contributed by atoms with van der Waals surface area (Å²) in [7, 11) is 0. The molecule has 0 atom stereocenters. The van der Waals surface area contributed by atoms with E-state index < -0.39 is 0 Å². The third-order valence-corrected chi connectivity index (χ3v) is 2.59. The minimum atomic E-state index is 0.459. The molecule has 0 saturated carbocycles. The van der Waals surface area contributed by atoms with E-state index in [1.165, 1.54) is 11.9 Å². The molecule has 0 aromatic carbocycles. The van der Waals surface area contributed by atoms with Crippen LogP contribution in [0.3, 0.4) is 0 Å². The highest BCUT2D eigenvalue weighted by Crippen LogP contribution is 2.08. The van der Waals surface area contributed by atoms with E-state index in [9.17, 15) is 0 Å². The molecule has 6 heteroatoms. The molecule has 0 fully saturated rings. The van der Waals surface area contributed by atoms with Crippen LogP contribution in [0.25, 0.3) is 0 Å². The molecule has 0 bridgehead atoms. The summed E-state index contributed by atoms with van der Waals surface area (Å²) in [5.74, 6) is 1.51. The lowest BCUT2D eigenvalue weighted by Gasteiger charge is -2.07. The number of hydrogen-bond donors (Lipinski definition) is 3. The lowest BCUT2D eigenvalue weighted by Crippen LogP contribution is -2.08. The Hall–Kier alpha value is -2.55. The van der Waals surface area contributed by atoms with Crippen molar-refractivity contribution < 1.29 is 0 Å². The number of nitriles is 1. The molecule has 0 aliphatic carbocycles. The number of aromatic amines is 1. The van der Waals surface area contributed by atoms with Crippen LogP contribution >= 0.6 is 0 Å². The fourth-order valence-electron chi connectivity index (χ4n) is 1.65. The minimum Gasteiger partial charge on any atom is -0.370 e. The Bertz CT molecular complexity index is 528. The van der Waals surface area contributed by atoms with Crippen molar-refractivity contribution in [2.24, 2.45) is 0 Å². The first-order chi connectivity index (χ1) is 9.38. The Morgan fingerprint density at radius 1 is 1.21 bits per heavy atom. The number of H-pyrrole nitrogens is 1. The first kappa shape index (κ1) is 12.9. The van der Waals surface area contributed by atoms with Crippen molar-refractivity contribution in [3.05, 3.63) is 36.4 Å². The topological polar surface area (TPSA) is 89.4 Å². The van der Waals surface area contributed by atoms with Gasteiger partial charge in [-0.3, -0.25) is 0 Å². The summed E-state index contributed by atoms with van der Waals surface area (Å²) in [5, 5.41) is 14.8. The predicted molar refractivity (Wildman–Crippen MR) is 73.7 cm³/mol. The number of hydrogen-bond acceptors (Lipinski definition) is 5. The lowest BCUT2D eigenvalue weighted by atomic mass is 10.2. The fourth-order valence-corrected chi connectivity index (χ4v) is 1.65. The zero-order chi connectivity index (χ0) is 13.3. The molecule has 19 heavy (non-hydrogen) atoms. The molecule has 2 rings (SSSR count). The van der Waals surface area contributed by atoms with Crippen LogP contribution in [-0.4, -0.2) is 28.0 Å². The Kier molecular flexibility index (Phi) is 4.76. The molecule has 0 radical (unpaired) electrons. The molecule has 98 valence electrons. The van der Waals surface area contributed by atoms with E-state index in [-0.39, 0.29) is 0 Å². The van der Waals surface area contributed by atoms with E-state index in [0.29, 0.717) is 13.0 Å². The molecule has 0 aliphatic heterocycles. The molecule has 0 amide bonds. The number of aromatic nitrogens is 3. The average molecular weight is 256 g/mol. The summed E-state index contributed by atoms with van der Waals surface area (Å²) < 4.78 is 0. The molecule has 0 unspecified atom stereocenters.